The minimum absolute atomic E-state index is 0.00405. The summed E-state index contributed by atoms with van der Waals surface area (Å²) < 4.78 is 52.4. The van der Waals surface area contributed by atoms with Crippen LogP contribution in [-0.2, 0) is 46.5 Å². The lowest BCUT2D eigenvalue weighted by atomic mass is 9.74. The van der Waals surface area contributed by atoms with Crippen molar-refractivity contribution in [3.63, 3.8) is 0 Å². The Bertz CT molecular complexity index is 1580. The summed E-state index contributed by atoms with van der Waals surface area (Å²) in [5.74, 6) is -0.0271. The van der Waals surface area contributed by atoms with Gasteiger partial charge in [-0.1, -0.05) is 86.7 Å². The van der Waals surface area contributed by atoms with Crippen molar-refractivity contribution in [1.82, 2.24) is 19.7 Å². The Labute approximate surface area is 300 Å². The summed E-state index contributed by atoms with van der Waals surface area (Å²) in [5, 5.41) is 0. The third-order valence-corrected chi connectivity index (χ3v) is 11.1. The number of hydrogen-bond acceptors (Lipinski definition) is 6. The Kier molecular flexibility index (Phi) is 12.0. The summed E-state index contributed by atoms with van der Waals surface area (Å²) in [6.07, 6.45) is 3.43. The van der Waals surface area contributed by atoms with Gasteiger partial charge in [0.1, 0.15) is 0 Å². The van der Waals surface area contributed by atoms with Crippen LogP contribution in [0, 0.1) is 11.3 Å². The number of aromatic nitrogens is 1. The van der Waals surface area contributed by atoms with Crippen molar-refractivity contribution in [1.29, 1.82) is 0 Å². The van der Waals surface area contributed by atoms with Crippen LogP contribution in [0.3, 0.4) is 0 Å². The molecule has 0 bridgehead atoms. The Morgan fingerprint density at radius 1 is 1.06 bits per heavy atom. The lowest BCUT2D eigenvalue weighted by molar-refractivity contribution is -0.143. The molecule has 7 nitrogen and oxygen atoms in total. The average molecular weight is 705 g/mol. The van der Waals surface area contributed by atoms with Crippen LogP contribution in [0.15, 0.2) is 85.1 Å². The van der Waals surface area contributed by atoms with Gasteiger partial charge in [0.15, 0.2) is 0 Å². The fourth-order valence-corrected chi connectivity index (χ4v) is 8.13. The largest absolute Gasteiger partial charge is 0.417 e. The van der Waals surface area contributed by atoms with E-state index in [-0.39, 0.29) is 36.6 Å². The molecular weight excluding hydrogens is 653 g/mol. The number of carbonyl (C=O) groups excluding carboxylic acids is 1. The van der Waals surface area contributed by atoms with Gasteiger partial charge in [-0.2, -0.15) is 13.2 Å². The Hall–Kier alpha value is -3.57. The standard InChI is InChI=1S/C41H51F3N4O3/c1-30(2)40(39(49)47-21-16-36-33(28-47)23-34(25-45-36)41(42,43)44)18-15-35(24-40)48(37-17-22-51-29-38(37)50-3)20-10-19-46(26-31-11-6-4-7-12-31)27-32-13-8-5-9-14-32/h4-9,11-15,18,23,25,30,35,37-38H,10,16-17,19-22,24,26-29H2,1-3H3/t35-,37+,38?,40+/m1/s1. The van der Waals surface area contributed by atoms with Gasteiger partial charge < -0.3 is 14.4 Å². The molecule has 51 heavy (non-hydrogen) atoms. The molecule has 1 amide bonds. The van der Waals surface area contributed by atoms with Crippen LogP contribution < -0.4 is 0 Å². The van der Waals surface area contributed by atoms with Gasteiger partial charge >= 0.3 is 6.18 Å². The van der Waals surface area contributed by atoms with E-state index in [4.69, 9.17) is 9.47 Å². The number of hydrogen-bond donors (Lipinski definition) is 0. The molecule has 0 radical (unpaired) electrons. The van der Waals surface area contributed by atoms with E-state index in [1.807, 2.05) is 12.1 Å². The summed E-state index contributed by atoms with van der Waals surface area (Å²) in [7, 11) is 1.74. The van der Waals surface area contributed by atoms with Crippen molar-refractivity contribution >= 4 is 5.91 Å². The average Bonchev–Trinajstić information content (AvgIpc) is 3.60. The quantitative estimate of drug-likeness (QED) is 0.176. The topological polar surface area (TPSA) is 58.1 Å². The van der Waals surface area contributed by atoms with Gasteiger partial charge in [0, 0.05) is 83.4 Å². The molecule has 0 N–H and O–H groups in total. The van der Waals surface area contributed by atoms with Crippen molar-refractivity contribution < 1.29 is 27.4 Å². The predicted octanol–water partition coefficient (Wildman–Crippen LogP) is 7.15. The van der Waals surface area contributed by atoms with Gasteiger partial charge in [-0.25, -0.2) is 0 Å². The van der Waals surface area contributed by atoms with E-state index in [0.29, 0.717) is 43.9 Å². The van der Waals surface area contributed by atoms with E-state index < -0.39 is 17.2 Å². The van der Waals surface area contributed by atoms with Crippen LogP contribution in [0.2, 0.25) is 0 Å². The molecular formula is C41H51F3N4O3. The number of alkyl halides is 3. The fourth-order valence-electron chi connectivity index (χ4n) is 8.13. The highest BCUT2D eigenvalue weighted by atomic mass is 19.4. The number of nitrogens with zero attached hydrogens (tertiary/aromatic N) is 4. The molecule has 0 saturated carbocycles. The molecule has 274 valence electrons. The first-order valence-electron chi connectivity index (χ1n) is 18.3. The van der Waals surface area contributed by atoms with Crippen LogP contribution >= 0.6 is 0 Å². The molecule has 1 aromatic heterocycles. The summed E-state index contributed by atoms with van der Waals surface area (Å²) >= 11 is 0. The van der Waals surface area contributed by atoms with E-state index in [1.54, 1.807) is 12.0 Å². The van der Waals surface area contributed by atoms with Crippen LogP contribution in [0.4, 0.5) is 13.2 Å². The van der Waals surface area contributed by atoms with Crippen molar-refractivity contribution in [2.24, 2.45) is 11.3 Å². The van der Waals surface area contributed by atoms with E-state index >= 15 is 0 Å². The van der Waals surface area contributed by atoms with E-state index in [0.717, 1.165) is 51.3 Å². The maximum absolute atomic E-state index is 14.5. The van der Waals surface area contributed by atoms with Gasteiger partial charge in [-0.05, 0) is 47.9 Å². The highest BCUT2D eigenvalue weighted by molar-refractivity contribution is 5.86. The molecule has 10 heteroatoms. The molecule has 2 aromatic carbocycles. The second kappa shape index (κ2) is 16.4. The number of benzene rings is 2. The van der Waals surface area contributed by atoms with E-state index in [2.05, 4.69) is 89.3 Å². The smallest absolute Gasteiger partial charge is 0.379 e. The fraction of sp³-hybridized carbons (Fsp3) is 0.512. The predicted molar refractivity (Wildman–Crippen MR) is 192 cm³/mol. The number of amides is 1. The molecule has 1 fully saturated rings. The number of rotatable bonds is 13. The molecule has 3 aromatic rings. The first-order valence-corrected chi connectivity index (χ1v) is 18.3. The zero-order chi connectivity index (χ0) is 36.0. The number of halogens is 3. The minimum atomic E-state index is -4.48. The highest BCUT2D eigenvalue weighted by Gasteiger charge is 2.49. The van der Waals surface area contributed by atoms with Crippen LogP contribution in [-0.4, -0.2) is 83.7 Å². The summed E-state index contributed by atoms with van der Waals surface area (Å²) in [5.41, 5.74) is 2.12. The summed E-state index contributed by atoms with van der Waals surface area (Å²) in [4.78, 5) is 25.4. The number of fused-ring (bicyclic) bond motifs is 1. The summed E-state index contributed by atoms with van der Waals surface area (Å²) in [6.45, 7) is 9.32. The maximum atomic E-state index is 14.5. The molecule has 0 spiro atoms. The maximum Gasteiger partial charge on any atom is 0.417 e. The second-order valence-corrected chi connectivity index (χ2v) is 14.6. The monoisotopic (exact) mass is 704 g/mol. The number of ether oxygens (including phenoxy) is 2. The molecule has 1 saturated heterocycles. The third kappa shape index (κ3) is 8.74. The molecule has 2 aliphatic heterocycles. The van der Waals surface area contributed by atoms with Crippen molar-refractivity contribution in [2.45, 2.75) is 83.5 Å². The van der Waals surface area contributed by atoms with Gasteiger partial charge in [0.25, 0.3) is 0 Å². The van der Waals surface area contributed by atoms with E-state index in [1.165, 1.54) is 11.1 Å². The molecule has 3 aliphatic rings. The molecule has 1 unspecified atom stereocenters. The lowest BCUT2D eigenvalue weighted by Crippen LogP contribution is -2.55. The van der Waals surface area contributed by atoms with Gasteiger partial charge in [-0.15, -0.1) is 0 Å². The molecule has 4 atom stereocenters. The van der Waals surface area contributed by atoms with Gasteiger partial charge in [0.05, 0.1) is 23.7 Å². The normalized spacial score (nSPS) is 23.7. The van der Waals surface area contributed by atoms with Gasteiger partial charge in [-0.3, -0.25) is 19.6 Å². The van der Waals surface area contributed by atoms with Gasteiger partial charge in [0.2, 0.25) is 5.91 Å². The van der Waals surface area contributed by atoms with Crippen LogP contribution in [0.25, 0.3) is 0 Å². The Morgan fingerprint density at radius 2 is 1.75 bits per heavy atom. The third-order valence-electron chi connectivity index (χ3n) is 11.1. The summed E-state index contributed by atoms with van der Waals surface area (Å²) in [6, 6.07) is 22.4. The van der Waals surface area contributed by atoms with Crippen LogP contribution in [0.5, 0.6) is 0 Å². The van der Waals surface area contributed by atoms with E-state index in [9.17, 15) is 18.0 Å². The Morgan fingerprint density at radius 3 is 2.37 bits per heavy atom. The molecule has 3 heterocycles. The minimum Gasteiger partial charge on any atom is -0.379 e. The zero-order valence-corrected chi connectivity index (χ0v) is 30.0. The van der Waals surface area contributed by atoms with Crippen molar-refractivity contribution in [3.05, 3.63) is 113 Å². The Balaban J connectivity index is 1.20. The van der Waals surface area contributed by atoms with Crippen LogP contribution in [0.1, 0.15) is 61.1 Å². The number of carbonyl (C=O) groups is 1. The number of methoxy groups -OCH3 is 1. The lowest BCUT2D eigenvalue weighted by Gasteiger charge is -2.44. The van der Waals surface area contributed by atoms with Crippen molar-refractivity contribution in [3.8, 4) is 0 Å². The first kappa shape index (κ1) is 37.2. The SMILES string of the molecule is COC1COCC[C@@H]1N(CCCN(Cc1ccccc1)Cc1ccccc1)[C@@H]1C=C[C@@](C(=O)N2CCc3ncc(C(F)(F)F)cc3C2)(C(C)C)C1. The zero-order valence-electron chi connectivity index (χ0n) is 30.0. The first-order chi connectivity index (χ1) is 24.6. The highest BCUT2D eigenvalue weighted by Crippen LogP contribution is 2.44. The van der Waals surface area contributed by atoms with Crippen molar-refractivity contribution in [2.75, 3.05) is 40.0 Å². The second-order valence-electron chi connectivity index (χ2n) is 14.6. The molecule has 6 rings (SSSR count). The molecule has 1 aliphatic carbocycles. The number of pyridine rings is 1.